The van der Waals surface area contributed by atoms with Gasteiger partial charge < -0.3 is 20.3 Å². The van der Waals surface area contributed by atoms with Gasteiger partial charge in [0.1, 0.15) is 11.2 Å². The number of hydrogen-bond donors (Lipinski definition) is 2. The zero-order chi connectivity index (χ0) is 20.3. The molecule has 3 N–H and O–H groups in total. The lowest BCUT2D eigenvalue weighted by Crippen LogP contribution is -2.26. The first-order valence-corrected chi connectivity index (χ1v) is 8.01. The van der Waals surface area contributed by atoms with Crippen molar-refractivity contribution in [2.45, 2.75) is 52.7 Å². The second kappa shape index (κ2) is 7.59. The topological polar surface area (TPSA) is 116 Å². The summed E-state index contributed by atoms with van der Waals surface area (Å²) in [5.74, 6) is -2.55. The quantitative estimate of drug-likeness (QED) is 0.479. The predicted octanol–water partition coefficient (Wildman–Crippen LogP) is 3.28. The van der Waals surface area contributed by atoms with Crippen LogP contribution in [0.15, 0.2) is 18.2 Å². The number of rotatable bonds is 4. The average molecular weight is 363 g/mol. The van der Waals surface area contributed by atoms with Gasteiger partial charge in [0, 0.05) is 11.8 Å². The van der Waals surface area contributed by atoms with Gasteiger partial charge in [0.15, 0.2) is 0 Å². The minimum atomic E-state index is -1.21. The second-order valence-electron chi connectivity index (χ2n) is 7.71. The van der Waals surface area contributed by atoms with Crippen LogP contribution in [0.3, 0.4) is 0 Å². The molecule has 7 nitrogen and oxygen atoms in total. The number of esters is 2. The summed E-state index contributed by atoms with van der Waals surface area (Å²) in [6.45, 7) is 10.2. The molecule has 1 aromatic carbocycles. The molecule has 0 amide bonds. The van der Waals surface area contributed by atoms with Crippen LogP contribution in [0.5, 0.6) is 0 Å². The first kappa shape index (κ1) is 21.2. The maximum absolute atomic E-state index is 12.5. The van der Waals surface area contributed by atoms with E-state index >= 15 is 0 Å². The SMILES string of the molecule is CC(C)(C)OC(=O)c1cc(N)c(C(=O)OC(C)(C)C)c(C=CC(=O)O)c1. The van der Waals surface area contributed by atoms with E-state index in [0.717, 1.165) is 6.08 Å². The van der Waals surface area contributed by atoms with E-state index in [1.165, 1.54) is 18.2 Å². The molecule has 0 aliphatic carbocycles. The maximum Gasteiger partial charge on any atom is 0.341 e. The Morgan fingerprint density at radius 1 is 0.962 bits per heavy atom. The second-order valence-corrected chi connectivity index (χ2v) is 7.71. The number of hydrogen-bond acceptors (Lipinski definition) is 6. The molecular weight excluding hydrogens is 338 g/mol. The molecule has 0 aliphatic rings. The number of aliphatic carboxylic acids is 1. The summed E-state index contributed by atoms with van der Waals surface area (Å²) in [7, 11) is 0. The third kappa shape index (κ3) is 6.58. The van der Waals surface area contributed by atoms with Crippen LogP contribution in [0.1, 0.15) is 67.8 Å². The molecule has 0 atom stereocenters. The average Bonchev–Trinajstić information content (AvgIpc) is 2.40. The van der Waals surface area contributed by atoms with Gasteiger partial charge in [-0.3, -0.25) is 0 Å². The van der Waals surface area contributed by atoms with Crippen LogP contribution in [-0.4, -0.2) is 34.2 Å². The highest BCUT2D eigenvalue weighted by molar-refractivity contribution is 6.03. The summed E-state index contributed by atoms with van der Waals surface area (Å²) in [4.78, 5) is 35.6. The highest BCUT2D eigenvalue weighted by Crippen LogP contribution is 2.26. The van der Waals surface area contributed by atoms with Gasteiger partial charge >= 0.3 is 17.9 Å². The van der Waals surface area contributed by atoms with Gasteiger partial charge in [0.2, 0.25) is 0 Å². The highest BCUT2D eigenvalue weighted by atomic mass is 16.6. The van der Waals surface area contributed by atoms with Gasteiger partial charge in [-0.2, -0.15) is 0 Å². The van der Waals surface area contributed by atoms with Crippen molar-refractivity contribution in [2.75, 3.05) is 5.73 Å². The molecule has 0 fully saturated rings. The molecule has 26 heavy (non-hydrogen) atoms. The Kier molecular flexibility index (Phi) is 6.20. The van der Waals surface area contributed by atoms with E-state index < -0.39 is 29.1 Å². The minimum absolute atomic E-state index is 0.00681. The summed E-state index contributed by atoms with van der Waals surface area (Å²) < 4.78 is 10.6. The smallest absolute Gasteiger partial charge is 0.341 e. The third-order valence-electron chi connectivity index (χ3n) is 2.84. The van der Waals surface area contributed by atoms with Crippen LogP contribution < -0.4 is 5.73 Å². The minimum Gasteiger partial charge on any atom is -0.478 e. The number of nitrogen functional groups attached to an aromatic ring is 1. The molecule has 0 aromatic heterocycles. The van der Waals surface area contributed by atoms with E-state index in [4.69, 9.17) is 20.3 Å². The highest BCUT2D eigenvalue weighted by Gasteiger charge is 2.25. The fourth-order valence-corrected chi connectivity index (χ4v) is 2.00. The molecular formula is C19H25NO6. The van der Waals surface area contributed by atoms with Crippen molar-refractivity contribution in [3.8, 4) is 0 Å². The lowest BCUT2D eigenvalue weighted by molar-refractivity contribution is -0.131. The summed E-state index contributed by atoms with van der Waals surface area (Å²) in [6, 6.07) is 2.66. The zero-order valence-electron chi connectivity index (χ0n) is 15.9. The number of carbonyl (C=O) groups excluding carboxylic acids is 2. The number of anilines is 1. The lowest BCUT2D eigenvalue weighted by Gasteiger charge is -2.22. The number of benzene rings is 1. The third-order valence-corrected chi connectivity index (χ3v) is 2.84. The fraction of sp³-hybridized carbons (Fsp3) is 0.421. The Labute approximate surface area is 152 Å². The van der Waals surface area contributed by atoms with E-state index in [9.17, 15) is 14.4 Å². The first-order valence-electron chi connectivity index (χ1n) is 8.01. The van der Waals surface area contributed by atoms with Crippen LogP contribution in [0.4, 0.5) is 5.69 Å². The Bertz CT molecular complexity index is 751. The van der Waals surface area contributed by atoms with Crippen LogP contribution >= 0.6 is 0 Å². The van der Waals surface area contributed by atoms with Gasteiger partial charge in [0.05, 0.1) is 11.1 Å². The van der Waals surface area contributed by atoms with E-state index in [1.54, 1.807) is 41.5 Å². The molecule has 0 aliphatic heterocycles. The van der Waals surface area contributed by atoms with Gasteiger partial charge in [-0.25, -0.2) is 14.4 Å². The van der Waals surface area contributed by atoms with E-state index in [0.29, 0.717) is 0 Å². The molecule has 142 valence electrons. The van der Waals surface area contributed by atoms with Crippen molar-refractivity contribution in [1.82, 2.24) is 0 Å². The number of carbonyl (C=O) groups is 3. The Morgan fingerprint density at radius 3 is 1.92 bits per heavy atom. The summed E-state index contributed by atoms with van der Waals surface area (Å²) in [6.07, 6.45) is 2.04. The van der Waals surface area contributed by atoms with Crippen molar-refractivity contribution in [3.63, 3.8) is 0 Å². The number of carboxylic acids is 1. The molecule has 0 unspecified atom stereocenters. The summed E-state index contributed by atoms with van der Waals surface area (Å²) in [5.41, 5.74) is 4.73. The standard InChI is InChI=1S/C19H25NO6/c1-18(2,3)25-16(23)12-9-11(7-8-14(21)22)15(13(20)10-12)17(24)26-19(4,5)6/h7-10H,20H2,1-6H3,(H,21,22). The van der Waals surface area contributed by atoms with Crippen LogP contribution in [0, 0.1) is 0 Å². The van der Waals surface area contributed by atoms with Crippen molar-refractivity contribution in [3.05, 3.63) is 34.9 Å². The fourth-order valence-electron chi connectivity index (χ4n) is 2.00. The van der Waals surface area contributed by atoms with Crippen LogP contribution in [0.25, 0.3) is 6.08 Å². The van der Waals surface area contributed by atoms with Gasteiger partial charge in [0.25, 0.3) is 0 Å². The van der Waals surface area contributed by atoms with E-state index in [2.05, 4.69) is 0 Å². The normalized spacial score (nSPS) is 12.1. The Hall–Kier alpha value is -2.83. The van der Waals surface area contributed by atoms with E-state index in [-0.39, 0.29) is 22.4 Å². The lowest BCUT2D eigenvalue weighted by atomic mass is 10.0. The van der Waals surface area contributed by atoms with Gasteiger partial charge in [-0.05, 0) is 65.3 Å². The molecule has 0 heterocycles. The zero-order valence-corrected chi connectivity index (χ0v) is 15.9. The van der Waals surface area contributed by atoms with Gasteiger partial charge in [-0.1, -0.05) is 0 Å². The van der Waals surface area contributed by atoms with Crippen LogP contribution in [-0.2, 0) is 14.3 Å². The number of ether oxygens (including phenoxy) is 2. The molecule has 1 aromatic rings. The largest absolute Gasteiger partial charge is 0.478 e. The maximum atomic E-state index is 12.5. The molecule has 0 saturated heterocycles. The first-order chi connectivity index (χ1) is 11.7. The summed E-state index contributed by atoms with van der Waals surface area (Å²) in [5, 5.41) is 8.87. The van der Waals surface area contributed by atoms with Crippen molar-refractivity contribution >= 4 is 29.7 Å². The molecule has 0 spiro atoms. The van der Waals surface area contributed by atoms with Crippen molar-refractivity contribution < 1.29 is 29.0 Å². The van der Waals surface area contributed by atoms with Gasteiger partial charge in [-0.15, -0.1) is 0 Å². The van der Waals surface area contributed by atoms with Crippen LogP contribution in [0.2, 0.25) is 0 Å². The Morgan fingerprint density at radius 2 is 1.46 bits per heavy atom. The monoisotopic (exact) mass is 363 g/mol. The number of nitrogens with two attached hydrogens (primary N) is 1. The molecule has 7 heteroatoms. The van der Waals surface area contributed by atoms with Crippen molar-refractivity contribution in [1.29, 1.82) is 0 Å². The van der Waals surface area contributed by atoms with E-state index in [1.807, 2.05) is 0 Å². The van der Waals surface area contributed by atoms with Crippen molar-refractivity contribution in [2.24, 2.45) is 0 Å². The molecule has 1 rings (SSSR count). The number of carboxylic acid groups (broad SMARTS) is 1. The Balaban J connectivity index is 3.44. The summed E-state index contributed by atoms with van der Waals surface area (Å²) >= 11 is 0. The predicted molar refractivity (Wildman–Crippen MR) is 97.9 cm³/mol. The molecule has 0 radical (unpaired) electrons. The molecule has 0 bridgehead atoms. The molecule has 0 saturated carbocycles.